The number of benzene rings is 1. The average Bonchev–Trinajstić information content (AvgIpc) is 2.63. The second kappa shape index (κ2) is 8.40. The van der Waals surface area contributed by atoms with E-state index in [0.717, 1.165) is 11.8 Å². The summed E-state index contributed by atoms with van der Waals surface area (Å²) in [4.78, 5) is 13.1. The van der Waals surface area contributed by atoms with Crippen LogP contribution in [-0.2, 0) is 13.6 Å². The minimum atomic E-state index is -4.01. The number of ketones is 1. The molecule has 1 aromatic rings. The number of aliphatic hydroxyl groups excluding tert-OH is 1. The molecule has 0 saturated carbocycles. The van der Waals surface area contributed by atoms with Gasteiger partial charge in [0.1, 0.15) is 23.1 Å². The number of carbonyl (C=O) groups excluding carboxylic acids is 1. The van der Waals surface area contributed by atoms with Gasteiger partial charge in [0, 0.05) is 11.8 Å². The van der Waals surface area contributed by atoms with Crippen molar-refractivity contribution in [1.82, 2.24) is 5.32 Å². The molecule has 8 nitrogen and oxygen atoms in total. The summed E-state index contributed by atoms with van der Waals surface area (Å²) >= 11 is 0. The first-order chi connectivity index (χ1) is 12.8. The van der Waals surface area contributed by atoms with Crippen molar-refractivity contribution in [3.8, 4) is 11.8 Å². The van der Waals surface area contributed by atoms with Crippen LogP contribution in [0.15, 0.2) is 41.4 Å². The number of aliphatic hydroxyl groups is 1. The zero-order chi connectivity index (χ0) is 20.2. The van der Waals surface area contributed by atoms with Gasteiger partial charge in [-0.1, -0.05) is 11.6 Å². The number of nitrogens with one attached hydrogen (secondary N) is 1. The Hall–Kier alpha value is -2.59. The van der Waals surface area contributed by atoms with E-state index in [4.69, 9.17) is 9.05 Å². The van der Waals surface area contributed by atoms with Crippen molar-refractivity contribution in [1.29, 1.82) is 5.26 Å². The second-order valence-electron chi connectivity index (χ2n) is 5.75. The van der Waals surface area contributed by atoms with Crippen molar-refractivity contribution in [3.63, 3.8) is 0 Å². The van der Waals surface area contributed by atoms with Crippen LogP contribution in [0.25, 0.3) is 0 Å². The minimum Gasteiger partial charge on any atom is -0.507 e. The Morgan fingerprint density at radius 3 is 2.48 bits per heavy atom. The zero-order valence-corrected chi connectivity index (χ0v) is 16.1. The van der Waals surface area contributed by atoms with Crippen LogP contribution >= 0.6 is 7.60 Å². The lowest BCUT2D eigenvalue weighted by Gasteiger charge is -2.30. The van der Waals surface area contributed by atoms with Crippen molar-refractivity contribution in [2.45, 2.75) is 26.4 Å². The normalized spacial score (nSPS) is 17.1. The molecule has 1 heterocycles. The maximum absolute atomic E-state index is 13.4. The Balaban J connectivity index is 2.63. The van der Waals surface area contributed by atoms with Gasteiger partial charge >= 0.3 is 7.60 Å². The molecule has 27 heavy (non-hydrogen) atoms. The summed E-state index contributed by atoms with van der Waals surface area (Å²) < 4.78 is 24.0. The molecule has 0 amide bonds. The quantitative estimate of drug-likeness (QED) is 0.476. The Morgan fingerprint density at radius 1 is 1.30 bits per heavy atom. The highest BCUT2D eigenvalue weighted by molar-refractivity contribution is 7.55. The predicted octanol–water partition coefficient (Wildman–Crippen LogP) is 3.30. The van der Waals surface area contributed by atoms with Crippen LogP contribution in [-0.4, -0.2) is 34.9 Å². The van der Waals surface area contributed by atoms with E-state index in [1.807, 2.05) is 0 Å². The van der Waals surface area contributed by atoms with Gasteiger partial charge in [0.2, 0.25) is 5.88 Å². The molecule has 9 heteroatoms. The second-order valence-corrected chi connectivity index (χ2v) is 7.86. The summed E-state index contributed by atoms with van der Waals surface area (Å²) in [6.07, 6.45) is 1.15. The van der Waals surface area contributed by atoms with Gasteiger partial charge in [-0.3, -0.25) is 9.36 Å². The van der Waals surface area contributed by atoms with Gasteiger partial charge in [-0.2, -0.15) is 5.26 Å². The molecule has 0 aromatic heterocycles. The van der Waals surface area contributed by atoms with Crippen molar-refractivity contribution in [3.05, 3.63) is 52.6 Å². The molecule has 1 aliphatic rings. The molecular weight excluding hydrogens is 371 g/mol. The van der Waals surface area contributed by atoms with Crippen molar-refractivity contribution in [2.75, 3.05) is 13.2 Å². The first kappa shape index (κ1) is 20.7. The maximum Gasteiger partial charge on any atom is 0.343 e. The summed E-state index contributed by atoms with van der Waals surface area (Å²) in [6, 6.07) is 6.25. The van der Waals surface area contributed by atoms with Crippen LogP contribution < -0.4 is 5.32 Å². The van der Waals surface area contributed by atoms with Crippen LogP contribution in [0.5, 0.6) is 5.75 Å². The number of nitriles is 1. The number of nitrogens with zero attached hydrogens (tertiary/aromatic N) is 1. The van der Waals surface area contributed by atoms with Gasteiger partial charge in [0.25, 0.3) is 0 Å². The van der Waals surface area contributed by atoms with Gasteiger partial charge < -0.3 is 24.6 Å². The molecule has 0 saturated heterocycles. The highest BCUT2D eigenvalue weighted by atomic mass is 31.2. The fraction of sp³-hybridized carbons (Fsp3) is 0.333. The topological polar surface area (TPSA) is 129 Å². The van der Waals surface area contributed by atoms with E-state index in [0.29, 0.717) is 0 Å². The number of aromatic hydroxyl groups is 1. The zero-order valence-electron chi connectivity index (χ0n) is 15.2. The van der Waals surface area contributed by atoms with Crippen LogP contribution in [0.4, 0.5) is 0 Å². The Bertz CT molecular complexity index is 890. The molecule has 1 aliphatic heterocycles. The highest BCUT2D eigenvalue weighted by Gasteiger charge is 2.47. The molecule has 3 N–H and O–H groups in total. The third-order valence-corrected chi connectivity index (χ3v) is 6.31. The Kier molecular flexibility index (Phi) is 6.45. The lowest BCUT2D eigenvalue weighted by atomic mass is 9.94. The molecule has 2 rings (SSSR count). The van der Waals surface area contributed by atoms with Crippen LogP contribution in [0.1, 0.15) is 29.8 Å². The highest BCUT2D eigenvalue weighted by Crippen LogP contribution is 2.59. The molecule has 0 fully saturated rings. The number of hydrogen-bond donors (Lipinski definition) is 3. The summed E-state index contributed by atoms with van der Waals surface area (Å²) in [6.45, 7) is 4.97. The van der Waals surface area contributed by atoms with E-state index in [-0.39, 0.29) is 35.7 Å². The smallest absolute Gasteiger partial charge is 0.343 e. The summed E-state index contributed by atoms with van der Waals surface area (Å²) in [5.41, 5.74) is -1.16. The van der Waals surface area contributed by atoms with Gasteiger partial charge in [0.15, 0.2) is 5.78 Å². The van der Waals surface area contributed by atoms with Crippen LogP contribution in [0.2, 0.25) is 0 Å². The van der Waals surface area contributed by atoms with Crippen LogP contribution in [0.3, 0.4) is 0 Å². The number of dihydropyridines is 1. The van der Waals surface area contributed by atoms with Gasteiger partial charge in [-0.05, 0) is 32.9 Å². The summed E-state index contributed by atoms with van der Waals surface area (Å²) in [7, 11) is -4.01. The molecule has 1 unspecified atom stereocenters. The lowest BCUT2D eigenvalue weighted by molar-refractivity contribution is 0.102. The van der Waals surface area contributed by atoms with E-state index in [9.17, 15) is 24.8 Å². The molecule has 1 aromatic carbocycles. The number of Topliss-reactive ketones (excluding diaryl/α,β-unsaturated/α-hetero) is 1. The molecule has 0 bridgehead atoms. The largest absolute Gasteiger partial charge is 0.507 e. The fourth-order valence-corrected chi connectivity index (χ4v) is 4.87. The molecule has 0 radical (unpaired) electrons. The van der Waals surface area contributed by atoms with Crippen molar-refractivity contribution in [2.24, 2.45) is 0 Å². The number of rotatable bonds is 7. The fourth-order valence-electron chi connectivity index (χ4n) is 2.75. The van der Waals surface area contributed by atoms with Gasteiger partial charge in [-0.15, -0.1) is 0 Å². The third kappa shape index (κ3) is 4.06. The predicted molar refractivity (Wildman–Crippen MR) is 98.3 cm³/mol. The number of carbonyl (C=O) groups is 1. The van der Waals surface area contributed by atoms with Gasteiger partial charge in [0.05, 0.1) is 18.8 Å². The molecular formula is C18H21N2O6P. The number of phenols is 1. The van der Waals surface area contributed by atoms with E-state index >= 15 is 0 Å². The molecule has 144 valence electrons. The first-order valence-corrected chi connectivity index (χ1v) is 9.93. The number of phenolic OH excluding ortho intramolecular Hbond substituents is 1. The summed E-state index contributed by atoms with van der Waals surface area (Å²) in [5, 5.41) is 32.0. The minimum absolute atomic E-state index is 0.0117. The standard InChI is InChI=1S/C18H21N2O6P/c1-4-25-27(24,26-5-2)17-13(9-19)18(23)20-10-14(17)16(22)12-8-11(3)6-7-15(12)21/h6-8,10,17,20-21,23H,4-5H2,1-3H3. The summed E-state index contributed by atoms with van der Waals surface area (Å²) in [5.74, 6) is -1.45. The van der Waals surface area contributed by atoms with E-state index < -0.39 is 24.9 Å². The van der Waals surface area contributed by atoms with Gasteiger partial charge in [-0.25, -0.2) is 0 Å². The van der Waals surface area contributed by atoms with E-state index in [2.05, 4.69) is 5.32 Å². The number of allylic oxidation sites excluding steroid dienone is 2. The van der Waals surface area contributed by atoms with E-state index in [1.165, 1.54) is 12.1 Å². The van der Waals surface area contributed by atoms with Crippen molar-refractivity contribution >= 4 is 13.4 Å². The number of aryl methyl sites for hydroxylation is 1. The van der Waals surface area contributed by atoms with Crippen LogP contribution in [0, 0.1) is 18.3 Å². The SMILES string of the molecule is CCOP(=O)(OCC)C1C(C(=O)c2cc(C)ccc2O)=CNC(O)=C1C#N. The van der Waals surface area contributed by atoms with Crippen molar-refractivity contribution < 1.29 is 28.6 Å². The van der Waals surface area contributed by atoms with E-state index in [1.54, 1.807) is 32.9 Å². The monoisotopic (exact) mass is 392 g/mol. The Labute approximate surface area is 157 Å². The molecule has 1 atom stereocenters. The first-order valence-electron chi connectivity index (χ1n) is 8.32. The lowest BCUT2D eigenvalue weighted by Crippen LogP contribution is -2.31. The average molecular weight is 392 g/mol. The maximum atomic E-state index is 13.4. The molecule has 0 spiro atoms. The third-order valence-electron chi connectivity index (χ3n) is 3.90. The molecule has 0 aliphatic carbocycles. The number of hydrogen-bond acceptors (Lipinski definition) is 8. The Morgan fingerprint density at radius 2 is 1.93 bits per heavy atom.